The molecule has 2 aromatic heterocycles. The molecule has 0 amide bonds. The standard InChI is InChI=1S/C11H12N2O3S/c1-3-13-6-12-9-8(10(13)14)7(5-17-9)11(15)16-4-2/h5-6H,3-4H2,1-2H3. The average Bonchev–Trinajstić information content (AvgIpc) is 2.74. The number of hydrogen-bond donors (Lipinski definition) is 0. The second kappa shape index (κ2) is 4.67. The summed E-state index contributed by atoms with van der Waals surface area (Å²) in [6.45, 7) is 4.40. The highest BCUT2D eigenvalue weighted by molar-refractivity contribution is 7.17. The van der Waals surface area contributed by atoms with Crippen molar-refractivity contribution in [3.63, 3.8) is 0 Å². The van der Waals surface area contributed by atoms with Crippen molar-refractivity contribution in [3.05, 3.63) is 27.6 Å². The van der Waals surface area contributed by atoms with Gasteiger partial charge in [-0.1, -0.05) is 0 Å². The summed E-state index contributed by atoms with van der Waals surface area (Å²) in [6.07, 6.45) is 1.50. The van der Waals surface area contributed by atoms with Gasteiger partial charge in [0.05, 0.1) is 23.9 Å². The molecule has 0 aliphatic heterocycles. The van der Waals surface area contributed by atoms with Gasteiger partial charge in [-0.25, -0.2) is 9.78 Å². The molecular weight excluding hydrogens is 240 g/mol. The lowest BCUT2D eigenvalue weighted by molar-refractivity contribution is 0.0529. The van der Waals surface area contributed by atoms with Gasteiger partial charge >= 0.3 is 5.97 Å². The third-order valence-corrected chi connectivity index (χ3v) is 3.28. The normalized spacial score (nSPS) is 10.7. The van der Waals surface area contributed by atoms with Crippen LogP contribution in [-0.4, -0.2) is 22.1 Å². The van der Waals surface area contributed by atoms with Gasteiger partial charge in [0.1, 0.15) is 4.83 Å². The van der Waals surface area contributed by atoms with Crippen LogP contribution in [0.4, 0.5) is 0 Å². The van der Waals surface area contributed by atoms with E-state index >= 15 is 0 Å². The predicted molar refractivity (Wildman–Crippen MR) is 65.5 cm³/mol. The first kappa shape index (κ1) is 11.8. The number of thiophene rings is 1. The SMILES string of the molecule is CCOC(=O)c1csc2ncn(CC)c(=O)c12. The van der Waals surface area contributed by atoms with Crippen molar-refractivity contribution in [2.45, 2.75) is 20.4 Å². The number of nitrogens with zero attached hydrogens (tertiary/aromatic N) is 2. The molecule has 0 bridgehead atoms. The van der Waals surface area contributed by atoms with Crippen LogP contribution in [0, 0.1) is 0 Å². The summed E-state index contributed by atoms with van der Waals surface area (Å²) >= 11 is 1.28. The highest BCUT2D eigenvalue weighted by Crippen LogP contribution is 2.21. The van der Waals surface area contributed by atoms with Crippen molar-refractivity contribution in [2.24, 2.45) is 0 Å². The van der Waals surface area contributed by atoms with E-state index in [1.807, 2.05) is 6.92 Å². The van der Waals surface area contributed by atoms with Gasteiger partial charge in [0, 0.05) is 11.9 Å². The van der Waals surface area contributed by atoms with Crippen molar-refractivity contribution in [3.8, 4) is 0 Å². The van der Waals surface area contributed by atoms with Crippen LogP contribution in [0.2, 0.25) is 0 Å². The maximum Gasteiger partial charge on any atom is 0.339 e. The van der Waals surface area contributed by atoms with Crippen LogP contribution in [0.3, 0.4) is 0 Å². The molecule has 0 radical (unpaired) electrons. The minimum Gasteiger partial charge on any atom is -0.462 e. The molecule has 2 heterocycles. The molecule has 0 atom stereocenters. The lowest BCUT2D eigenvalue weighted by Crippen LogP contribution is -2.20. The van der Waals surface area contributed by atoms with Gasteiger partial charge in [-0.15, -0.1) is 11.3 Å². The van der Waals surface area contributed by atoms with Crippen molar-refractivity contribution in [2.75, 3.05) is 6.61 Å². The largest absolute Gasteiger partial charge is 0.462 e. The fourth-order valence-electron chi connectivity index (χ4n) is 1.55. The molecule has 0 unspecified atom stereocenters. The van der Waals surface area contributed by atoms with Gasteiger partial charge < -0.3 is 4.74 Å². The molecule has 0 saturated heterocycles. The number of ether oxygens (including phenoxy) is 1. The van der Waals surface area contributed by atoms with Crippen LogP contribution in [0.1, 0.15) is 24.2 Å². The van der Waals surface area contributed by atoms with E-state index in [4.69, 9.17) is 4.74 Å². The Morgan fingerprint density at radius 3 is 2.94 bits per heavy atom. The molecule has 2 rings (SSSR count). The van der Waals surface area contributed by atoms with Crippen LogP contribution in [0.15, 0.2) is 16.5 Å². The number of hydrogen-bond acceptors (Lipinski definition) is 5. The molecule has 0 spiro atoms. The zero-order valence-corrected chi connectivity index (χ0v) is 10.4. The summed E-state index contributed by atoms with van der Waals surface area (Å²) in [5.41, 5.74) is 0.119. The molecule has 5 nitrogen and oxygen atoms in total. The molecule has 6 heteroatoms. The smallest absolute Gasteiger partial charge is 0.339 e. The second-order valence-electron chi connectivity index (χ2n) is 3.39. The second-order valence-corrected chi connectivity index (χ2v) is 4.24. The minimum atomic E-state index is -0.466. The van der Waals surface area contributed by atoms with Gasteiger partial charge in [-0.2, -0.15) is 0 Å². The highest BCUT2D eigenvalue weighted by Gasteiger charge is 2.17. The summed E-state index contributed by atoms with van der Waals surface area (Å²) in [6, 6.07) is 0. The summed E-state index contributed by atoms with van der Waals surface area (Å²) in [5.74, 6) is -0.466. The highest BCUT2D eigenvalue weighted by atomic mass is 32.1. The van der Waals surface area contributed by atoms with E-state index in [2.05, 4.69) is 4.98 Å². The topological polar surface area (TPSA) is 61.2 Å². The molecule has 0 saturated carbocycles. The first-order chi connectivity index (χ1) is 8.19. The van der Waals surface area contributed by atoms with E-state index in [0.717, 1.165) is 0 Å². The summed E-state index contributed by atoms with van der Waals surface area (Å²) in [4.78, 5) is 28.5. The Labute approximate surface area is 102 Å². The van der Waals surface area contributed by atoms with Crippen LogP contribution in [0.5, 0.6) is 0 Å². The van der Waals surface area contributed by atoms with Crippen LogP contribution >= 0.6 is 11.3 Å². The van der Waals surface area contributed by atoms with Crippen molar-refractivity contribution in [1.82, 2.24) is 9.55 Å². The Balaban J connectivity index is 2.66. The van der Waals surface area contributed by atoms with Gasteiger partial charge in [0.15, 0.2) is 0 Å². The molecule has 90 valence electrons. The molecule has 2 aromatic rings. The van der Waals surface area contributed by atoms with Crippen LogP contribution in [0.25, 0.3) is 10.2 Å². The zero-order valence-electron chi connectivity index (χ0n) is 9.60. The molecule has 0 N–H and O–H groups in total. The van der Waals surface area contributed by atoms with E-state index in [1.165, 1.54) is 22.2 Å². The molecule has 17 heavy (non-hydrogen) atoms. The summed E-state index contributed by atoms with van der Waals surface area (Å²) in [7, 11) is 0. The number of esters is 1. The Morgan fingerprint density at radius 1 is 1.53 bits per heavy atom. The predicted octanol–water partition coefficient (Wildman–Crippen LogP) is 1.65. The Bertz CT molecular complexity index is 615. The molecule has 0 aliphatic carbocycles. The third kappa shape index (κ3) is 1.95. The maximum absolute atomic E-state index is 12.1. The van der Waals surface area contributed by atoms with Crippen molar-refractivity contribution >= 4 is 27.5 Å². The van der Waals surface area contributed by atoms with Crippen LogP contribution in [-0.2, 0) is 11.3 Å². The molecule has 0 aromatic carbocycles. The fraction of sp³-hybridized carbons (Fsp3) is 0.364. The quantitative estimate of drug-likeness (QED) is 0.779. The first-order valence-electron chi connectivity index (χ1n) is 5.32. The minimum absolute atomic E-state index is 0.193. The molecule has 0 aliphatic rings. The number of rotatable bonds is 3. The first-order valence-corrected chi connectivity index (χ1v) is 6.20. The third-order valence-electron chi connectivity index (χ3n) is 2.40. The molecule has 0 fully saturated rings. The Kier molecular flexibility index (Phi) is 3.23. The number of aryl methyl sites for hydroxylation is 1. The monoisotopic (exact) mass is 252 g/mol. The lowest BCUT2D eigenvalue weighted by Gasteiger charge is -2.02. The van der Waals surface area contributed by atoms with Crippen molar-refractivity contribution in [1.29, 1.82) is 0 Å². The summed E-state index contributed by atoms with van der Waals surface area (Å²) in [5, 5.41) is 1.98. The van der Waals surface area contributed by atoms with Crippen molar-refractivity contribution < 1.29 is 9.53 Å². The number of carbonyl (C=O) groups is 1. The zero-order chi connectivity index (χ0) is 12.4. The number of aromatic nitrogens is 2. The van der Waals surface area contributed by atoms with Crippen LogP contribution < -0.4 is 5.56 Å². The average molecular weight is 252 g/mol. The van der Waals surface area contributed by atoms with Gasteiger partial charge in [-0.05, 0) is 13.8 Å². The van der Waals surface area contributed by atoms with Gasteiger partial charge in [-0.3, -0.25) is 9.36 Å². The maximum atomic E-state index is 12.1. The molecular formula is C11H12N2O3S. The number of carbonyl (C=O) groups excluding carboxylic acids is 1. The Hall–Kier alpha value is -1.69. The van der Waals surface area contributed by atoms with Gasteiger partial charge in [0.2, 0.25) is 0 Å². The number of fused-ring (bicyclic) bond motifs is 1. The van der Waals surface area contributed by atoms with E-state index in [9.17, 15) is 9.59 Å². The van der Waals surface area contributed by atoms with E-state index < -0.39 is 5.97 Å². The van der Waals surface area contributed by atoms with E-state index in [-0.39, 0.29) is 5.56 Å². The van der Waals surface area contributed by atoms with E-state index in [0.29, 0.717) is 28.9 Å². The summed E-state index contributed by atoms with van der Waals surface area (Å²) < 4.78 is 6.38. The lowest BCUT2D eigenvalue weighted by atomic mass is 10.2. The van der Waals surface area contributed by atoms with Gasteiger partial charge in [0.25, 0.3) is 5.56 Å². The van der Waals surface area contributed by atoms with E-state index in [1.54, 1.807) is 12.3 Å². The Morgan fingerprint density at radius 2 is 2.29 bits per heavy atom. The fourth-order valence-corrected chi connectivity index (χ4v) is 2.42.